The van der Waals surface area contributed by atoms with Crippen LogP contribution < -0.4 is 0 Å². The number of aromatic nitrogens is 3. The number of carbonyl (C=O) groups excluding carboxylic acids is 1. The van der Waals surface area contributed by atoms with Gasteiger partial charge in [0.25, 0.3) is 0 Å². The van der Waals surface area contributed by atoms with Crippen LogP contribution in [-0.2, 0) is 16.0 Å². The van der Waals surface area contributed by atoms with Crippen molar-refractivity contribution in [3.8, 4) is 34.2 Å². The van der Waals surface area contributed by atoms with E-state index in [9.17, 15) is 4.79 Å². The van der Waals surface area contributed by atoms with Crippen LogP contribution in [0.4, 0.5) is 0 Å². The molecule has 0 aliphatic rings. The van der Waals surface area contributed by atoms with E-state index in [1.165, 1.54) is 5.56 Å². The van der Waals surface area contributed by atoms with Crippen LogP contribution in [0.3, 0.4) is 0 Å². The van der Waals surface area contributed by atoms with Gasteiger partial charge in [-0.2, -0.15) is 0 Å². The minimum Gasteiger partial charge on any atom is -0.465 e. The van der Waals surface area contributed by atoms with Gasteiger partial charge in [0.1, 0.15) is 0 Å². The van der Waals surface area contributed by atoms with Gasteiger partial charge in [-0.1, -0.05) is 86.6 Å². The first-order valence-electron chi connectivity index (χ1n) is 15.2. The van der Waals surface area contributed by atoms with E-state index in [0.717, 1.165) is 51.6 Å². The van der Waals surface area contributed by atoms with Gasteiger partial charge in [0.2, 0.25) is 11.8 Å². The molecule has 0 radical (unpaired) electrons. The number of fused-ring (bicyclic) bond motifs is 1. The summed E-state index contributed by atoms with van der Waals surface area (Å²) in [5.41, 5.74) is 6.07. The van der Waals surface area contributed by atoms with Gasteiger partial charge in [0.05, 0.1) is 18.2 Å². The third-order valence-electron chi connectivity index (χ3n) is 8.13. The first kappa shape index (κ1) is 29.0. The van der Waals surface area contributed by atoms with Gasteiger partial charge >= 0.3 is 5.97 Å². The van der Waals surface area contributed by atoms with E-state index in [4.69, 9.17) is 9.15 Å². The summed E-state index contributed by atoms with van der Waals surface area (Å²) in [5.74, 6) is 0.845. The molecule has 0 aliphatic heterocycles. The highest BCUT2D eigenvalue weighted by Crippen LogP contribution is 2.32. The molecule has 2 heterocycles. The van der Waals surface area contributed by atoms with Gasteiger partial charge in [-0.3, -0.25) is 9.78 Å². The van der Waals surface area contributed by atoms with Gasteiger partial charge in [0, 0.05) is 29.3 Å². The fraction of sp³-hybridized carbons (Fsp3) is 0.211. The summed E-state index contributed by atoms with van der Waals surface area (Å²) >= 11 is 0. The SMILES string of the molecule is CCC(CC(C)C(=O)OCCc1cccc(-c2ccccn2)c1)c1ccc(-c2nnc(-c3cccc4ccccc34)o2)cc1. The monoisotopic (exact) mass is 581 g/mol. The van der Waals surface area contributed by atoms with Crippen LogP contribution in [0.25, 0.3) is 44.9 Å². The Kier molecular flexibility index (Phi) is 8.87. The zero-order valence-corrected chi connectivity index (χ0v) is 25.0. The average molecular weight is 582 g/mol. The van der Waals surface area contributed by atoms with Crippen LogP contribution in [-0.4, -0.2) is 27.8 Å². The van der Waals surface area contributed by atoms with Crippen molar-refractivity contribution < 1.29 is 13.9 Å². The lowest BCUT2D eigenvalue weighted by molar-refractivity contribution is -0.148. The van der Waals surface area contributed by atoms with E-state index < -0.39 is 0 Å². The predicted octanol–water partition coefficient (Wildman–Crippen LogP) is 8.92. The van der Waals surface area contributed by atoms with Crippen LogP contribution in [0.1, 0.15) is 43.7 Å². The average Bonchev–Trinajstić information content (AvgIpc) is 3.58. The summed E-state index contributed by atoms with van der Waals surface area (Å²) in [6.07, 6.45) is 4.09. The predicted molar refractivity (Wildman–Crippen MR) is 174 cm³/mol. The summed E-state index contributed by atoms with van der Waals surface area (Å²) in [6.45, 7) is 4.46. The molecule has 4 aromatic carbocycles. The standard InChI is InChI=1S/C38H35N3O3/c1-3-28(24-26(2)38(42)43-23-21-27-10-8-13-32(25-27)35-16-6-7-22-39-35)29-17-19-31(20-18-29)36-40-41-37(44-36)34-15-9-12-30-11-4-5-14-33(30)34/h4-20,22,25-26,28H,3,21,23-24H2,1-2H3. The van der Waals surface area contributed by atoms with E-state index in [-0.39, 0.29) is 17.8 Å². The molecule has 0 saturated carbocycles. The Morgan fingerprint density at radius 1 is 0.818 bits per heavy atom. The number of nitrogens with zero attached hydrogens (tertiary/aromatic N) is 3. The summed E-state index contributed by atoms with van der Waals surface area (Å²) in [6, 6.07) is 36.6. The first-order chi connectivity index (χ1) is 21.6. The van der Waals surface area contributed by atoms with Gasteiger partial charge in [0.15, 0.2) is 0 Å². The minimum atomic E-state index is -0.210. The van der Waals surface area contributed by atoms with Crippen LogP contribution >= 0.6 is 0 Å². The third-order valence-corrected chi connectivity index (χ3v) is 8.13. The Bertz CT molecular complexity index is 1840. The molecule has 220 valence electrons. The van der Waals surface area contributed by atoms with Crippen molar-refractivity contribution >= 4 is 16.7 Å². The lowest BCUT2D eigenvalue weighted by Gasteiger charge is -2.19. The highest BCUT2D eigenvalue weighted by atomic mass is 16.5. The van der Waals surface area contributed by atoms with Gasteiger partial charge < -0.3 is 9.15 Å². The van der Waals surface area contributed by atoms with Crippen LogP contribution in [0.5, 0.6) is 0 Å². The second-order valence-electron chi connectivity index (χ2n) is 11.1. The van der Waals surface area contributed by atoms with Gasteiger partial charge in [-0.15, -0.1) is 10.2 Å². The number of carbonyl (C=O) groups is 1. The fourth-order valence-corrected chi connectivity index (χ4v) is 5.65. The molecule has 0 spiro atoms. The second kappa shape index (κ2) is 13.5. The Morgan fingerprint density at radius 3 is 2.41 bits per heavy atom. The molecule has 0 aliphatic carbocycles. The third kappa shape index (κ3) is 6.60. The molecule has 0 fully saturated rings. The topological polar surface area (TPSA) is 78.1 Å². The molecule has 0 amide bonds. The van der Waals surface area contributed by atoms with Gasteiger partial charge in [-0.25, -0.2) is 0 Å². The molecule has 6 aromatic rings. The Morgan fingerprint density at radius 2 is 1.59 bits per heavy atom. The maximum Gasteiger partial charge on any atom is 0.308 e. The zero-order chi connectivity index (χ0) is 30.3. The largest absolute Gasteiger partial charge is 0.465 e. The summed E-state index contributed by atoms with van der Waals surface area (Å²) in [7, 11) is 0. The van der Waals surface area contributed by atoms with E-state index in [1.54, 1.807) is 6.20 Å². The zero-order valence-electron chi connectivity index (χ0n) is 25.0. The van der Waals surface area contributed by atoms with Crippen molar-refractivity contribution in [1.29, 1.82) is 0 Å². The molecule has 6 nitrogen and oxygen atoms in total. The number of hydrogen-bond donors (Lipinski definition) is 0. The number of esters is 1. The highest BCUT2D eigenvalue weighted by molar-refractivity contribution is 5.94. The molecular weight excluding hydrogens is 546 g/mol. The smallest absolute Gasteiger partial charge is 0.308 e. The number of rotatable bonds is 11. The molecule has 2 atom stereocenters. The Hall–Kier alpha value is -5.10. The fourth-order valence-electron chi connectivity index (χ4n) is 5.65. The number of pyridine rings is 1. The number of hydrogen-bond acceptors (Lipinski definition) is 6. The molecule has 6 rings (SSSR count). The van der Waals surface area contributed by atoms with Crippen molar-refractivity contribution in [2.45, 2.75) is 39.0 Å². The second-order valence-corrected chi connectivity index (χ2v) is 11.1. The maximum atomic E-state index is 12.9. The summed E-state index contributed by atoms with van der Waals surface area (Å²) in [5, 5.41) is 10.9. The number of ether oxygens (including phenoxy) is 1. The lowest BCUT2D eigenvalue weighted by atomic mass is 9.87. The molecule has 2 unspecified atom stereocenters. The van der Waals surface area contributed by atoms with E-state index in [2.05, 4.69) is 64.6 Å². The van der Waals surface area contributed by atoms with Crippen LogP contribution in [0.2, 0.25) is 0 Å². The van der Waals surface area contributed by atoms with E-state index in [1.807, 2.05) is 73.7 Å². The lowest BCUT2D eigenvalue weighted by Crippen LogP contribution is -2.18. The first-order valence-corrected chi connectivity index (χ1v) is 15.2. The normalized spacial score (nSPS) is 12.6. The quantitative estimate of drug-likeness (QED) is 0.142. The van der Waals surface area contributed by atoms with Crippen molar-refractivity contribution in [3.63, 3.8) is 0 Å². The van der Waals surface area contributed by atoms with Crippen molar-refractivity contribution in [3.05, 3.63) is 127 Å². The highest BCUT2D eigenvalue weighted by Gasteiger charge is 2.21. The molecular formula is C38H35N3O3. The molecule has 6 heteroatoms. The minimum absolute atomic E-state index is 0.159. The molecule has 0 bridgehead atoms. The van der Waals surface area contributed by atoms with Crippen molar-refractivity contribution in [2.75, 3.05) is 6.61 Å². The van der Waals surface area contributed by atoms with E-state index >= 15 is 0 Å². The van der Waals surface area contributed by atoms with Crippen molar-refractivity contribution in [1.82, 2.24) is 15.2 Å². The molecule has 0 saturated heterocycles. The summed E-state index contributed by atoms with van der Waals surface area (Å²) in [4.78, 5) is 17.3. The van der Waals surface area contributed by atoms with Crippen LogP contribution in [0.15, 0.2) is 120 Å². The van der Waals surface area contributed by atoms with Crippen molar-refractivity contribution in [2.24, 2.45) is 5.92 Å². The van der Waals surface area contributed by atoms with E-state index in [0.29, 0.717) is 24.8 Å². The maximum absolute atomic E-state index is 12.9. The van der Waals surface area contributed by atoms with Crippen LogP contribution in [0, 0.1) is 5.92 Å². The molecule has 44 heavy (non-hydrogen) atoms. The molecule has 0 N–H and O–H groups in total. The molecule has 2 aromatic heterocycles. The van der Waals surface area contributed by atoms with Gasteiger partial charge in [-0.05, 0) is 77.1 Å². The Labute approximate surface area is 257 Å². The summed E-state index contributed by atoms with van der Waals surface area (Å²) < 4.78 is 11.8. The Balaban J connectivity index is 1.05. The number of benzene rings is 4.